The van der Waals surface area contributed by atoms with Crippen molar-refractivity contribution in [3.8, 4) is 0 Å². The van der Waals surface area contributed by atoms with Crippen molar-refractivity contribution in [2.75, 3.05) is 0 Å². The molecule has 0 heterocycles. The number of alkyl halides is 1. The zero-order valence-corrected chi connectivity index (χ0v) is 6.20. The normalized spacial score (nSPS) is 29.7. The summed E-state index contributed by atoms with van der Waals surface area (Å²) in [4.78, 5) is 0. The number of halogens is 5. The maximum Gasteiger partial charge on any atom is 0.284 e. The molecule has 1 nitrogen and oxygen atoms in total. The first-order valence-corrected chi connectivity index (χ1v) is 3.36. The van der Waals surface area contributed by atoms with E-state index in [1.165, 1.54) is 0 Å². The van der Waals surface area contributed by atoms with E-state index in [1.807, 2.05) is 0 Å². The Kier molecular flexibility index (Phi) is 2.75. The average molecular weight is 198 g/mol. The lowest BCUT2D eigenvalue weighted by atomic mass is 9.73. The molecule has 0 aromatic rings. The molecule has 0 aliphatic heterocycles. The van der Waals surface area contributed by atoms with Gasteiger partial charge in [0.1, 0.15) is 5.83 Å². The van der Waals surface area contributed by atoms with Gasteiger partial charge < -0.3 is 5.02 Å². The Hall–Kier alpha value is -0.845. The van der Waals surface area contributed by atoms with Gasteiger partial charge >= 0.3 is 0 Å². The van der Waals surface area contributed by atoms with Crippen LogP contribution in [0.4, 0.5) is 22.0 Å². The lowest BCUT2D eigenvalue weighted by molar-refractivity contribution is 0.267. The molecule has 0 fully saturated rings. The quantitative estimate of drug-likeness (QED) is 0.502. The first-order chi connectivity index (χ1) is 6.00. The molecule has 1 aliphatic carbocycles. The SMILES string of the molecule is OBC1C(F)=C(F)C(F)=C(F)C1F. The van der Waals surface area contributed by atoms with Gasteiger partial charge in [-0.05, 0) is 0 Å². The van der Waals surface area contributed by atoms with E-state index in [0.717, 1.165) is 0 Å². The van der Waals surface area contributed by atoms with Crippen molar-refractivity contribution in [1.29, 1.82) is 0 Å². The molecule has 0 bridgehead atoms. The summed E-state index contributed by atoms with van der Waals surface area (Å²) >= 11 is 0. The first kappa shape index (κ1) is 10.2. The number of hydrogen-bond acceptors (Lipinski definition) is 1. The van der Waals surface area contributed by atoms with E-state index in [9.17, 15) is 22.0 Å². The third-order valence-corrected chi connectivity index (χ3v) is 1.73. The Morgan fingerprint density at radius 1 is 1.00 bits per heavy atom. The molecule has 13 heavy (non-hydrogen) atoms. The monoisotopic (exact) mass is 198 g/mol. The van der Waals surface area contributed by atoms with Gasteiger partial charge in [0.05, 0.1) is 5.82 Å². The molecule has 0 aromatic heterocycles. The molecular formula is C6H4BF5O. The molecule has 0 amide bonds. The first-order valence-electron chi connectivity index (χ1n) is 3.36. The van der Waals surface area contributed by atoms with Gasteiger partial charge in [0.15, 0.2) is 23.7 Å². The maximum absolute atomic E-state index is 12.6. The summed E-state index contributed by atoms with van der Waals surface area (Å²) in [5.41, 5.74) is 0. The minimum absolute atomic E-state index is 1.12. The Bertz CT molecular complexity index is 287. The zero-order chi connectivity index (χ0) is 10.2. The number of hydrogen-bond donors (Lipinski definition) is 1. The fourth-order valence-corrected chi connectivity index (χ4v) is 0.971. The predicted molar refractivity (Wildman–Crippen MR) is 36.5 cm³/mol. The van der Waals surface area contributed by atoms with E-state index >= 15 is 0 Å². The van der Waals surface area contributed by atoms with Crippen molar-refractivity contribution in [3.05, 3.63) is 23.3 Å². The largest absolute Gasteiger partial charge is 0.453 e. The van der Waals surface area contributed by atoms with Gasteiger partial charge in [-0.1, -0.05) is 0 Å². The predicted octanol–water partition coefficient (Wildman–Crippen LogP) is 1.77. The van der Waals surface area contributed by atoms with Crippen molar-refractivity contribution in [3.63, 3.8) is 0 Å². The number of rotatable bonds is 1. The van der Waals surface area contributed by atoms with Crippen LogP contribution in [-0.2, 0) is 0 Å². The number of allylic oxidation sites excluding steroid dienone is 4. The third-order valence-electron chi connectivity index (χ3n) is 1.73. The summed E-state index contributed by atoms with van der Waals surface area (Å²) in [7, 11) is -1.12. The Morgan fingerprint density at radius 3 is 1.92 bits per heavy atom. The fourth-order valence-electron chi connectivity index (χ4n) is 0.971. The summed E-state index contributed by atoms with van der Waals surface area (Å²) in [6.45, 7) is 0. The van der Waals surface area contributed by atoms with Gasteiger partial charge in [-0.3, -0.25) is 0 Å². The molecule has 2 atom stereocenters. The molecule has 0 aromatic carbocycles. The fraction of sp³-hybridized carbons (Fsp3) is 0.333. The molecule has 1 N–H and O–H groups in total. The van der Waals surface area contributed by atoms with Crippen LogP contribution in [0.3, 0.4) is 0 Å². The van der Waals surface area contributed by atoms with Crippen molar-refractivity contribution in [1.82, 2.24) is 0 Å². The van der Waals surface area contributed by atoms with Crippen LogP contribution in [-0.4, -0.2) is 18.7 Å². The molecule has 0 saturated carbocycles. The van der Waals surface area contributed by atoms with Gasteiger partial charge in [-0.2, -0.15) is 0 Å². The van der Waals surface area contributed by atoms with Crippen molar-refractivity contribution >= 4 is 7.48 Å². The van der Waals surface area contributed by atoms with Gasteiger partial charge in [-0.15, -0.1) is 0 Å². The van der Waals surface area contributed by atoms with Crippen LogP contribution in [0.2, 0.25) is 5.82 Å². The Morgan fingerprint density at radius 2 is 1.46 bits per heavy atom. The molecule has 1 aliphatic rings. The minimum atomic E-state index is -2.66. The van der Waals surface area contributed by atoms with Crippen molar-refractivity contribution in [2.45, 2.75) is 12.0 Å². The summed E-state index contributed by atoms with van der Waals surface area (Å²) in [5.74, 6) is -10.0. The molecule has 0 spiro atoms. The molecule has 0 radical (unpaired) electrons. The molecule has 72 valence electrons. The lowest BCUT2D eigenvalue weighted by Gasteiger charge is -2.19. The second-order valence-electron chi connectivity index (χ2n) is 2.51. The van der Waals surface area contributed by atoms with Crippen LogP contribution in [0.25, 0.3) is 0 Å². The van der Waals surface area contributed by atoms with Crippen LogP contribution in [0.5, 0.6) is 0 Å². The summed E-state index contributed by atoms with van der Waals surface area (Å²) in [6, 6.07) is 0. The Balaban J connectivity index is 3.15. The standard InChI is InChI=1S/C6H4BF5O/c8-2-1(7-13)3(9)5(11)6(12)4(2)10/h1-2,7,13H. The van der Waals surface area contributed by atoms with Crippen LogP contribution in [0.1, 0.15) is 0 Å². The van der Waals surface area contributed by atoms with Crippen LogP contribution in [0.15, 0.2) is 23.3 Å². The molecule has 1 rings (SSSR count). The minimum Gasteiger partial charge on any atom is -0.453 e. The summed E-state index contributed by atoms with van der Waals surface area (Å²) < 4.78 is 62.3. The van der Waals surface area contributed by atoms with Crippen LogP contribution >= 0.6 is 0 Å². The second kappa shape index (κ2) is 3.49. The van der Waals surface area contributed by atoms with Crippen LogP contribution < -0.4 is 0 Å². The highest BCUT2D eigenvalue weighted by Gasteiger charge is 2.40. The van der Waals surface area contributed by atoms with E-state index in [-0.39, 0.29) is 0 Å². The van der Waals surface area contributed by atoms with Crippen molar-refractivity contribution < 1.29 is 27.0 Å². The smallest absolute Gasteiger partial charge is 0.284 e. The summed E-state index contributed by atoms with van der Waals surface area (Å²) in [6.07, 6.45) is -2.66. The highest BCUT2D eigenvalue weighted by molar-refractivity contribution is 6.29. The van der Waals surface area contributed by atoms with E-state index < -0.39 is 42.8 Å². The van der Waals surface area contributed by atoms with Gasteiger partial charge in [0.2, 0.25) is 0 Å². The van der Waals surface area contributed by atoms with Gasteiger partial charge in [-0.25, -0.2) is 22.0 Å². The van der Waals surface area contributed by atoms with E-state index in [2.05, 4.69) is 0 Å². The van der Waals surface area contributed by atoms with Crippen LogP contribution in [0, 0.1) is 0 Å². The average Bonchev–Trinajstić information content (AvgIpc) is 2.13. The Labute approximate surface area is 70.8 Å². The summed E-state index contributed by atoms with van der Waals surface area (Å²) in [5, 5.41) is 8.36. The second-order valence-corrected chi connectivity index (χ2v) is 2.51. The molecular weight excluding hydrogens is 194 g/mol. The highest BCUT2D eigenvalue weighted by Crippen LogP contribution is 2.41. The van der Waals surface area contributed by atoms with E-state index in [0.29, 0.717) is 0 Å². The van der Waals surface area contributed by atoms with Crippen molar-refractivity contribution in [2.24, 2.45) is 0 Å². The topological polar surface area (TPSA) is 20.2 Å². The molecule has 7 heteroatoms. The highest BCUT2D eigenvalue weighted by atomic mass is 19.2. The molecule has 0 saturated heterocycles. The third kappa shape index (κ3) is 1.48. The van der Waals surface area contributed by atoms with Gasteiger partial charge in [0.25, 0.3) is 7.48 Å². The molecule has 2 unspecified atom stereocenters. The van der Waals surface area contributed by atoms with Gasteiger partial charge in [0, 0.05) is 0 Å². The maximum atomic E-state index is 12.6. The zero-order valence-electron chi connectivity index (χ0n) is 6.20. The lowest BCUT2D eigenvalue weighted by Crippen LogP contribution is -2.22. The van der Waals surface area contributed by atoms with E-state index in [1.54, 1.807) is 0 Å². The van der Waals surface area contributed by atoms with E-state index in [4.69, 9.17) is 5.02 Å².